The van der Waals surface area contributed by atoms with Gasteiger partial charge in [-0.1, -0.05) is 20.3 Å². The van der Waals surface area contributed by atoms with Gasteiger partial charge in [-0.3, -0.25) is 0 Å². The largest absolute Gasteiger partial charge is 0.314 e. The van der Waals surface area contributed by atoms with E-state index >= 15 is 0 Å². The quantitative estimate of drug-likeness (QED) is 0.739. The predicted octanol–water partition coefficient (Wildman–Crippen LogP) is 4.61. The number of halogens is 1. The van der Waals surface area contributed by atoms with Crippen LogP contribution in [0.1, 0.15) is 44.4 Å². The van der Waals surface area contributed by atoms with E-state index in [1.54, 1.807) is 0 Å². The maximum atomic E-state index is 3.57. The van der Waals surface area contributed by atoms with Gasteiger partial charge >= 0.3 is 0 Å². The monoisotopic (exact) mass is 303 g/mol. The van der Waals surface area contributed by atoms with Crippen molar-refractivity contribution in [3.05, 3.63) is 20.8 Å². The lowest BCUT2D eigenvalue weighted by Crippen LogP contribution is -2.28. The first-order valence-electron chi connectivity index (χ1n) is 6.23. The Morgan fingerprint density at radius 2 is 2.12 bits per heavy atom. The molecule has 1 N–H and O–H groups in total. The molecule has 0 spiro atoms. The normalized spacial score (nSPS) is 12.9. The van der Waals surface area contributed by atoms with Crippen molar-refractivity contribution in [2.45, 2.75) is 52.0 Å². The van der Waals surface area contributed by atoms with Gasteiger partial charge in [-0.25, -0.2) is 0 Å². The second kappa shape index (κ2) is 8.26. The second-order valence-electron chi connectivity index (χ2n) is 4.14. The fourth-order valence-corrected chi connectivity index (χ4v) is 3.52. The van der Waals surface area contributed by atoms with Crippen LogP contribution in [0.15, 0.2) is 15.9 Å². The van der Waals surface area contributed by atoms with Gasteiger partial charge in [-0.05, 0) is 60.3 Å². The molecule has 1 aromatic rings. The van der Waals surface area contributed by atoms with Crippen LogP contribution in [-0.4, -0.2) is 12.6 Å². The first-order valence-corrected chi connectivity index (χ1v) is 7.84. The second-order valence-corrected chi connectivity index (χ2v) is 6.69. The van der Waals surface area contributed by atoms with E-state index in [1.807, 2.05) is 11.3 Å². The predicted molar refractivity (Wildman–Crippen MR) is 77.3 cm³/mol. The summed E-state index contributed by atoms with van der Waals surface area (Å²) in [5.74, 6) is 0. The van der Waals surface area contributed by atoms with Gasteiger partial charge < -0.3 is 5.32 Å². The Labute approximate surface area is 112 Å². The van der Waals surface area contributed by atoms with Crippen molar-refractivity contribution in [2.75, 3.05) is 6.54 Å². The van der Waals surface area contributed by atoms with Crippen LogP contribution in [0.5, 0.6) is 0 Å². The van der Waals surface area contributed by atoms with Crippen molar-refractivity contribution in [2.24, 2.45) is 0 Å². The molecule has 1 unspecified atom stereocenters. The summed E-state index contributed by atoms with van der Waals surface area (Å²) in [6, 6.07) is 5.10. The van der Waals surface area contributed by atoms with Gasteiger partial charge in [0.05, 0.1) is 3.79 Å². The third-order valence-corrected chi connectivity index (χ3v) is 4.42. The molecule has 0 saturated heterocycles. The molecule has 1 rings (SSSR count). The Bertz CT molecular complexity index is 279. The fourth-order valence-electron chi connectivity index (χ4n) is 1.99. The van der Waals surface area contributed by atoms with Crippen molar-refractivity contribution in [1.82, 2.24) is 5.32 Å². The van der Waals surface area contributed by atoms with Crippen molar-refractivity contribution < 1.29 is 0 Å². The molecule has 1 heterocycles. The smallest absolute Gasteiger partial charge is 0.0701 e. The highest BCUT2D eigenvalue weighted by molar-refractivity contribution is 9.11. The lowest BCUT2D eigenvalue weighted by Gasteiger charge is -2.16. The van der Waals surface area contributed by atoms with Crippen LogP contribution in [0.2, 0.25) is 0 Å². The standard InChI is InChI=1S/C13H22BrNS/c1-3-6-11(15-4-2)7-5-8-12-9-10-13(14)16-12/h9-11,15H,3-8H2,1-2H3. The molecule has 0 bridgehead atoms. The molecule has 0 aliphatic heterocycles. The van der Waals surface area contributed by atoms with Crippen LogP contribution < -0.4 is 5.32 Å². The average Bonchev–Trinajstić information content (AvgIpc) is 2.65. The third-order valence-electron chi connectivity index (χ3n) is 2.73. The van der Waals surface area contributed by atoms with Crippen LogP contribution in [0.3, 0.4) is 0 Å². The third kappa shape index (κ3) is 5.46. The molecule has 0 aromatic carbocycles. The van der Waals surface area contributed by atoms with Crippen LogP contribution in [0, 0.1) is 0 Å². The fraction of sp³-hybridized carbons (Fsp3) is 0.692. The Balaban J connectivity index is 2.21. The van der Waals surface area contributed by atoms with E-state index in [2.05, 4.69) is 47.2 Å². The minimum atomic E-state index is 0.721. The number of nitrogens with one attached hydrogen (secondary N) is 1. The van der Waals surface area contributed by atoms with E-state index in [1.165, 1.54) is 40.8 Å². The lowest BCUT2D eigenvalue weighted by molar-refractivity contribution is 0.448. The van der Waals surface area contributed by atoms with E-state index in [-0.39, 0.29) is 0 Å². The number of hydrogen-bond acceptors (Lipinski definition) is 2. The highest BCUT2D eigenvalue weighted by Gasteiger charge is 2.06. The first-order chi connectivity index (χ1) is 7.76. The summed E-state index contributed by atoms with van der Waals surface area (Å²) < 4.78 is 1.25. The average molecular weight is 304 g/mol. The molecule has 0 amide bonds. The summed E-state index contributed by atoms with van der Waals surface area (Å²) in [6.07, 6.45) is 6.41. The minimum Gasteiger partial charge on any atom is -0.314 e. The molecular weight excluding hydrogens is 282 g/mol. The van der Waals surface area contributed by atoms with Crippen LogP contribution >= 0.6 is 27.3 Å². The van der Waals surface area contributed by atoms with Crippen LogP contribution in [0.4, 0.5) is 0 Å². The Hall–Kier alpha value is 0.140. The molecule has 16 heavy (non-hydrogen) atoms. The zero-order chi connectivity index (χ0) is 11.8. The van der Waals surface area contributed by atoms with Gasteiger partial charge in [0.1, 0.15) is 0 Å². The van der Waals surface area contributed by atoms with Crippen LogP contribution in [-0.2, 0) is 6.42 Å². The number of hydrogen-bond donors (Lipinski definition) is 1. The summed E-state index contributed by atoms with van der Waals surface area (Å²) >= 11 is 5.37. The summed E-state index contributed by atoms with van der Waals surface area (Å²) in [4.78, 5) is 1.50. The van der Waals surface area contributed by atoms with Crippen molar-refractivity contribution in [3.8, 4) is 0 Å². The molecule has 0 fully saturated rings. The van der Waals surface area contributed by atoms with E-state index < -0.39 is 0 Å². The van der Waals surface area contributed by atoms with E-state index in [0.717, 1.165) is 12.6 Å². The van der Waals surface area contributed by atoms with Crippen molar-refractivity contribution >= 4 is 27.3 Å². The molecule has 3 heteroatoms. The SMILES string of the molecule is CCCC(CCCc1ccc(Br)s1)NCC. The highest BCUT2D eigenvalue weighted by atomic mass is 79.9. The van der Waals surface area contributed by atoms with Gasteiger partial charge in [0, 0.05) is 10.9 Å². The zero-order valence-electron chi connectivity index (χ0n) is 10.3. The summed E-state index contributed by atoms with van der Waals surface area (Å²) in [6.45, 7) is 5.55. The highest BCUT2D eigenvalue weighted by Crippen LogP contribution is 2.23. The Morgan fingerprint density at radius 3 is 2.69 bits per heavy atom. The Morgan fingerprint density at radius 1 is 1.31 bits per heavy atom. The van der Waals surface area contributed by atoms with Crippen molar-refractivity contribution in [3.63, 3.8) is 0 Å². The van der Waals surface area contributed by atoms with Crippen LogP contribution in [0.25, 0.3) is 0 Å². The summed E-state index contributed by atoms with van der Waals surface area (Å²) in [5, 5.41) is 3.57. The molecule has 0 saturated carbocycles. The van der Waals surface area contributed by atoms with E-state index in [0.29, 0.717) is 0 Å². The first kappa shape index (κ1) is 14.2. The van der Waals surface area contributed by atoms with Gasteiger partial charge in [0.15, 0.2) is 0 Å². The van der Waals surface area contributed by atoms with E-state index in [9.17, 15) is 0 Å². The zero-order valence-corrected chi connectivity index (χ0v) is 12.7. The summed E-state index contributed by atoms with van der Waals surface area (Å²) in [7, 11) is 0. The maximum Gasteiger partial charge on any atom is 0.0701 e. The lowest BCUT2D eigenvalue weighted by atomic mass is 10.0. The molecule has 1 nitrogen and oxygen atoms in total. The minimum absolute atomic E-state index is 0.721. The molecule has 0 aliphatic rings. The number of aryl methyl sites for hydroxylation is 1. The van der Waals surface area contributed by atoms with Gasteiger partial charge in [0.2, 0.25) is 0 Å². The molecule has 92 valence electrons. The van der Waals surface area contributed by atoms with Crippen molar-refractivity contribution in [1.29, 1.82) is 0 Å². The number of thiophene rings is 1. The van der Waals surface area contributed by atoms with Gasteiger partial charge in [-0.15, -0.1) is 11.3 Å². The topological polar surface area (TPSA) is 12.0 Å². The Kier molecular flexibility index (Phi) is 7.33. The maximum absolute atomic E-state index is 3.57. The molecule has 1 atom stereocenters. The van der Waals surface area contributed by atoms with Gasteiger partial charge in [-0.2, -0.15) is 0 Å². The number of rotatable bonds is 8. The molecule has 0 radical (unpaired) electrons. The van der Waals surface area contributed by atoms with E-state index in [4.69, 9.17) is 0 Å². The molecule has 0 aliphatic carbocycles. The summed E-state index contributed by atoms with van der Waals surface area (Å²) in [5.41, 5.74) is 0. The van der Waals surface area contributed by atoms with Gasteiger partial charge in [0.25, 0.3) is 0 Å². The molecule has 1 aromatic heterocycles. The molecular formula is C13H22BrNS.